The summed E-state index contributed by atoms with van der Waals surface area (Å²) < 4.78 is 1.91. The summed E-state index contributed by atoms with van der Waals surface area (Å²) in [5.41, 5.74) is 3.76. The summed E-state index contributed by atoms with van der Waals surface area (Å²) >= 11 is 1.47. The van der Waals surface area contributed by atoms with E-state index >= 15 is 0 Å². The minimum atomic E-state index is -0.151. The fraction of sp³-hybridized carbons (Fsp3) is 0.235. The first-order valence-corrected chi connectivity index (χ1v) is 8.44. The molecule has 1 aliphatic rings. The molecule has 2 aromatic heterocycles. The number of nitrogens with one attached hydrogen (secondary N) is 1. The SMILES string of the molecule is Cc1ncc(NC(=O)c2nn(-c3ccccc3)c3c2CCC3)s1. The van der Waals surface area contributed by atoms with E-state index in [2.05, 4.69) is 15.4 Å². The molecule has 23 heavy (non-hydrogen) atoms. The molecule has 4 rings (SSSR count). The number of rotatable bonds is 3. The van der Waals surface area contributed by atoms with E-state index < -0.39 is 0 Å². The number of nitrogens with zero attached hydrogens (tertiary/aromatic N) is 3. The van der Waals surface area contributed by atoms with E-state index in [1.54, 1.807) is 6.20 Å². The number of anilines is 1. The highest BCUT2D eigenvalue weighted by Gasteiger charge is 2.27. The molecule has 5 nitrogen and oxygen atoms in total. The second-order valence-electron chi connectivity index (χ2n) is 5.57. The second-order valence-corrected chi connectivity index (χ2v) is 6.81. The van der Waals surface area contributed by atoms with Crippen molar-refractivity contribution in [1.29, 1.82) is 0 Å². The van der Waals surface area contributed by atoms with E-state index in [1.165, 1.54) is 11.3 Å². The molecule has 0 unspecified atom stereocenters. The van der Waals surface area contributed by atoms with Gasteiger partial charge in [0, 0.05) is 11.3 Å². The molecular formula is C17H16N4OS. The van der Waals surface area contributed by atoms with Gasteiger partial charge in [-0.05, 0) is 38.3 Å². The van der Waals surface area contributed by atoms with Gasteiger partial charge in [-0.2, -0.15) is 5.10 Å². The molecule has 0 bridgehead atoms. The number of hydrogen-bond donors (Lipinski definition) is 1. The maximum Gasteiger partial charge on any atom is 0.277 e. The largest absolute Gasteiger partial charge is 0.311 e. The lowest BCUT2D eigenvalue weighted by Gasteiger charge is -2.04. The number of benzene rings is 1. The molecule has 0 saturated carbocycles. The lowest BCUT2D eigenvalue weighted by molar-refractivity contribution is 0.102. The van der Waals surface area contributed by atoms with Crippen LogP contribution in [0.4, 0.5) is 5.00 Å². The highest BCUT2D eigenvalue weighted by molar-refractivity contribution is 7.15. The number of aromatic nitrogens is 3. The van der Waals surface area contributed by atoms with Crippen LogP contribution in [0, 0.1) is 6.92 Å². The fourth-order valence-electron chi connectivity index (χ4n) is 2.99. The molecule has 1 N–H and O–H groups in total. The number of thiazole rings is 1. The zero-order valence-electron chi connectivity index (χ0n) is 12.7. The minimum Gasteiger partial charge on any atom is -0.311 e. The minimum absolute atomic E-state index is 0.151. The molecule has 0 spiro atoms. The first kappa shape index (κ1) is 14.1. The van der Waals surface area contributed by atoms with Crippen LogP contribution in [0.3, 0.4) is 0 Å². The lowest BCUT2D eigenvalue weighted by atomic mass is 10.2. The third-order valence-corrected chi connectivity index (χ3v) is 4.83. The molecule has 1 aliphatic carbocycles. The maximum atomic E-state index is 12.6. The van der Waals surface area contributed by atoms with Gasteiger partial charge in [0.05, 0.1) is 16.9 Å². The van der Waals surface area contributed by atoms with Crippen LogP contribution in [0.15, 0.2) is 36.5 Å². The molecule has 0 radical (unpaired) electrons. The molecule has 0 saturated heterocycles. The molecule has 1 amide bonds. The predicted molar refractivity (Wildman–Crippen MR) is 90.4 cm³/mol. The van der Waals surface area contributed by atoms with Gasteiger partial charge in [0.25, 0.3) is 5.91 Å². The Morgan fingerprint density at radius 3 is 2.83 bits per heavy atom. The highest BCUT2D eigenvalue weighted by Crippen LogP contribution is 2.28. The van der Waals surface area contributed by atoms with E-state index in [1.807, 2.05) is 41.9 Å². The summed E-state index contributed by atoms with van der Waals surface area (Å²) in [4.78, 5) is 16.8. The van der Waals surface area contributed by atoms with Crippen molar-refractivity contribution < 1.29 is 4.79 Å². The number of carbonyl (C=O) groups excluding carboxylic acids is 1. The highest BCUT2D eigenvalue weighted by atomic mass is 32.1. The van der Waals surface area contributed by atoms with Gasteiger partial charge >= 0.3 is 0 Å². The average Bonchev–Trinajstić information content (AvgIpc) is 3.24. The van der Waals surface area contributed by atoms with Crippen LogP contribution < -0.4 is 5.32 Å². The quantitative estimate of drug-likeness (QED) is 0.803. The number of fused-ring (bicyclic) bond motifs is 1. The van der Waals surface area contributed by atoms with E-state index in [0.29, 0.717) is 5.69 Å². The van der Waals surface area contributed by atoms with Gasteiger partial charge < -0.3 is 5.32 Å². The zero-order chi connectivity index (χ0) is 15.8. The summed E-state index contributed by atoms with van der Waals surface area (Å²) in [5.74, 6) is -0.151. The molecule has 0 fully saturated rings. The van der Waals surface area contributed by atoms with Crippen LogP contribution in [-0.4, -0.2) is 20.7 Å². The van der Waals surface area contributed by atoms with Crippen molar-refractivity contribution in [3.63, 3.8) is 0 Å². The Hall–Kier alpha value is -2.47. The maximum absolute atomic E-state index is 12.6. The summed E-state index contributed by atoms with van der Waals surface area (Å²) in [5, 5.41) is 9.20. The van der Waals surface area contributed by atoms with Crippen molar-refractivity contribution in [3.05, 3.63) is 58.5 Å². The van der Waals surface area contributed by atoms with Crippen molar-refractivity contribution in [3.8, 4) is 5.69 Å². The molecule has 3 aromatic rings. The first-order valence-electron chi connectivity index (χ1n) is 7.62. The Kier molecular flexibility index (Phi) is 3.46. The zero-order valence-corrected chi connectivity index (χ0v) is 13.6. The third-order valence-electron chi connectivity index (χ3n) is 4.00. The van der Waals surface area contributed by atoms with Gasteiger partial charge in [-0.15, -0.1) is 11.3 Å². The predicted octanol–water partition coefficient (Wildman–Crippen LogP) is 3.38. The van der Waals surface area contributed by atoms with Gasteiger partial charge in [-0.3, -0.25) is 4.79 Å². The van der Waals surface area contributed by atoms with E-state index in [9.17, 15) is 4.79 Å². The molecular weight excluding hydrogens is 308 g/mol. The molecule has 0 atom stereocenters. The van der Waals surface area contributed by atoms with Gasteiger partial charge in [0.15, 0.2) is 5.69 Å². The second kappa shape index (κ2) is 5.62. The normalized spacial score (nSPS) is 13.1. The van der Waals surface area contributed by atoms with E-state index in [0.717, 1.165) is 46.2 Å². The van der Waals surface area contributed by atoms with Crippen LogP contribution in [0.5, 0.6) is 0 Å². The van der Waals surface area contributed by atoms with Crippen LogP contribution in [0.2, 0.25) is 0 Å². The molecule has 6 heteroatoms. The van der Waals surface area contributed by atoms with Gasteiger partial charge in [-0.1, -0.05) is 18.2 Å². The molecule has 1 aromatic carbocycles. The van der Waals surface area contributed by atoms with Crippen molar-refractivity contribution in [2.24, 2.45) is 0 Å². The van der Waals surface area contributed by atoms with Gasteiger partial charge in [-0.25, -0.2) is 9.67 Å². The molecule has 116 valence electrons. The molecule has 0 aliphatic heterocycles. The smallest absolute Gasteiger partial charge is 0.277 e. The topological polar surface area (TPSA) is 59.8 Å². The van der Waals surface area contributed by atoms with Crippen molar-refractivity contribution in [2.45, 2.75) is 26.2 Å². The summed E-state index contributed by atoms with van der Waals surface area (Å²) in [6.45, 7) is 1.92. The Balaban J connectivity index is 1.71. The van der Waals surface area contributed by atoms with E-state index in [-0.39, 0.29) is 5.91 Å². The lowest BCUT2D eigenvalue weighted by Crippen LogP contribution is -2.14. The fourth-order valence-corrected chi connectivity index (χ4v) is 3.67. The number of para-hydroxylation sites is 1. The first-order chi connectivity index (χ1) is 11.2. The van der Waals surface area contributed by atoms with Crippen molar-refractivity contribution in [1.82, 2.24) is 14.8 Å². The number of aryl methyl sites for hydroxylation is 1. The Labute approximate surface area is 138 Å². The Morgan fingerprint density at radius 2 is 2.09 bits per heavy atom. The summed E-state index contributed by atoms with van der Waals surface area (Å²) in [7, 11) is 0. The van der Waals surface area contributed by atoms with Crippen LogP contribution in [0.1, 0.15) is 33.2 Å². The van der Waals surface area contributed by atoms with Crippen LogP contribution >= 0.6 is 11.3 Å². The summed E-state index contributed by atoms with van der Waals surface area (Å²) in [6.07, 6.45) is 4.63. The summed E-state index contributed by atoms with van der Waals surface area (Å²) in [6, 6.07) is 9.98. The van der Waals surface area contributed by atoms with Crippen LogP contribution in [0.25, 0.3) is 5.69 Å². The van der Waals surface area contributed by atoms with Crippen molar-refractivity contribution >= 4 is 22.2 Å². The van der Waals surface area contributed by atoms with Gasteiger partial charge in [0.1, 0.15) is 5.00 Å². The van der Waals surface area contributed by atoms with Crippen LogP contribution in [-0.2, 0) is 12.8 Å². The number of hydrogen-bond acceptors (Lipinski definition) is 4. The average molecular weight is 324 g/mol. The monoisotopic (exact) mass is 324 g/mol. The number of carbonyl (C=O) groups is 1. The Morgan fingerprint density at radius 1 is 1.26 bits per heavy atom. The van der Waals surface area contributed by atoms with Gasteiger partial charge in [0.2, 0.25) is 0 Å². The Bertz CT molecular complexity index is 866. The standard InChI is InChI=1S/C17H16N4OS/c1-11-18-10-15(23-11)19-17(22)16-13-8-5-9-14(13)21(20-16)12-6-3-2-4-7-12/h2-4,6-7,10H,5,8-9H2,1H3,(H,19,22). The third kappa shape index (κ3) is 2.55. The number of amides is 1. The van der Waals surface area contributed by atoms with E-state index in [4.69, 9.17) is 0 Å². The van der Waals surface area contributed by atoms with Crippen molar-refractivity contribution in [2.75, 3.05) is 5.32 Å². The molecule has 2 heterocycles.